The molecule has 0 spiro atoms. The van der Waals surface area contributed by atoms with Gasteiger partial charge in [0.1, 0.15) is 5.60 Å². The molecule has 2 heterocycles. The predicted molar refractivity (Wildman–Crippen MR) is 157 cm³/mol. The first-order valence-corrected chi connectivity index (χ1v) is 14.6. The quantitative estimate of drug-likeness (QED) is 0.456. The third kappa shape index (κ3) is 7.42. The van der Waals surface area contributed by atoms with E-state index in [0.29, 0.717) is 37.5 Å². The summed E-state index contributed by atoms with van der Waals surface area (Å²) in [5, 5.41) is 9.28. The molecule has 7 nitrogen and oxygen atoms in total. The standard InChI is InChI=1S/C33H44N4O3/c1-24(2)29-23-36(31(27-9-7-6-8-10-27)28-13-11-26(22-34)12-14-28)19-20-37(29)30(38)21-25-15-17-35(18-16-25)32(39)40-33(3,4)5/h6-14,24-25,29,31H,15-21,23H2,1-5H3/t29-,31?/m1/s1. The van der Waals surface area contributed by atoms with Crippen LogP contribution >= 0.6 is 0 Å². The second-order valence-electron chi connectivity index (χ2n) is 12.6. The van der Waals surface area contributed by atoms with Gasteiger partial charge in [-0.05, 0) is 68.7 Å². The van der Waals surface area contributed by atoms with Crippen molar-refractivity contribution in [3.63, 3.8) is 0 Å². The number of hydrogen-bond donors (Lipinski definition) is 0. The lowest BCUT2D eigenvalue weighted by atomic mass is 9.90. The molecule has 2 amide bonds. The number of nitriles is 1. The van der Waals surface area contributed by atoms with Crippen molar-refractivity contribution in [2.45, 2.75) is 71.6 Å². The summed E-state index contributed by atoms with van der Waals surface area (Å²) in [5.41, 5.74) is 2.52. The minimum atomic E-state index is -0.502. The fourth-order valence-corrected chi connectivity index (χ4v) is 5.95. The van der Waals surface area contributed by atoms with Crippen LogP contribution in [-0.4, -0.2) is 71.1 Å². The lowest BCUT2D eigenvalue weighted by Crippen LogP contribution is -2.58. The Morgan fingerprint density at radius 1 is 0.950 bits per heavy atom. The van der Waals surface area contributed by atoms with Crippen molar-refractivity contribution < 1.29 is 14.3 Å². The molecule has 0 radical (unpaired) electrons. The van der Waals surface area contributed by atoms with Crippen molar-refractivity contribution in [1.29, 1.82) is 5.26 Å². The van der Waals surface area contributed by atoms with Gasteiger partial charge >= 0.3 is 6.09 Å². The average Bonchev–Trinajstić information content (AvgIpc) is 2.93. The summed E-state index contributed by atoms with van der Waals surface area (Å²) in [6.45, 7) is 13.6. The fourth-order valence-electron chi connectivity index (χ4n) is 5.95. The summed E-state index contributed by atoms with van der Waals surface area (Å²) >= 11 is 0. The highest BCUT2D eigenvalue weighted by Crippen LogP contribution is 2.33. The van der Waals surface area contributed by atoms with Gasteiger partial charge in [-0.15, -0.1) is 0 Å². The van der Waals surface area contributed by atoms with Crippen LogP contribution in [-0.2, 0) is 9.53 Å². The third-order valence-electron chi connectivity index (χ3n) is 8.11. The molecule has 2 atom stereocenters. The van der Waals surface area contributed by atoms with Gasteiger partial charge < -0.3 is 14.5 Å². The number of nitrogens with zero attached hydrogens (tertiary/aromatic N) is 4. The Morgan fingerprint density at radius 3 is 2.15 bits per heavy atom. The lowest BCUT2D eigenvalue weighted by molar-refractivity contribution is -0.139. The maximum absolute atomic E-state index is 13.6. The lowest BCUT2D eigenvalue weighted by Gasteiger charge is -2.47. The first-order valence-electron chi connectivity index (χ1n) is 14.6. The molecule has 2 aliphatic heterocycles. The van der Waals surface area contributed by atoms with Gasteiger partial charge in [-0.25, -0.2) is 4.79 Å². The number of hydrogen-bond acceptors (Lipinski definition) is 5. The molecule has 0 aliphatic carbocycles. The van der Waals surface area contributed by atoms with Crippen LogP contribution in [0.3, 0.4) is 0 Å². The minimum Gasteiger partial charge on any atom is -0.444 e. The number of rotatable bonds is 6. The van der Waals surface area contributed by atoms with Gasteiger partial charge in [-0.2, -0.15) is 5.26 Å². The maximum Gasteiger partial charge on any atom is 0.410 e. The Bertz CT molecular complexity index is 1170. The zero-order valence-corrected chi connectivity index (χ0v) is 24.7. The first-order chi connectivity index (χ1) is 19.1. The van der Waals surface area contributed by atoms with E-state index in [1.54, 1.807) is 4.90 Å². The number of benzene rings is 2. The molecule has 2 fully saturated rings. The maximum atomic E-state index is 13.6. The molecule has 4 rings (SSSR count). The molecular weight excluding hydrogens is 500 g/mol. The van der Waals surface area contributed by atoms with Crippen LogP contribution in [0.2, 0.25) is 0 Å². The van der Waals surface area contributed by atoms with Gasteiger partial charge in [0.05, 0.1) is 17.7 Å². The Morgan fingerprint density at radius 2 is 1.57 bits per heavy atom. The minimum absolute atomic E-state index is 0.0598. The van der Waals surface area contributed by atoms with Crippen LogP contribution < -0.4 is 0 Å². The molecule has 214 valence electrons. The van der Waals surface area contributed by atoms with Crippen molar-refractivity contribution >= 4 is 12.0 Å². The first kappa shape index (κ1) is 29.6. The Labute approximate surface area is 239 Å². The van der Waals surface area contributed by atoms with Crippen LogP contribution in [0, 0.1) is 23.2 Å². The van der Waals surface area contributed by atoms with Crippen molar-refractivity contribution in [3.05, 3.63) is 71.3 Å². The molecular formula is C33H44N4O3. The van der Waals surface area contributed by atoms with Crippen LogP contribution in [0.15, 0.2) is 54.6 Å². The van der Waals surface area contributed by atoms with E-state index < -0.39 is 5.60 Å². The van der Waals surface area contributed by atoms with Crippen molar-refractivity contribution in [2.24, 2.45) is 11.8 Å². The van der Waals surface area contributed by atoms with Crippen LogP contribution in [0.5, 0.6) is 0 Å². The summed E-state index contributed by atoms with van der Waals surface area (Å²) in [5.74, 6) is 0.828. The topological polar surface area (TPSA) is 76.9 Å². The number of ether oxygens (including phenoxy) is 1. The zero-order chi connectivity index (χ0) is 28.9. The normalized spacial score (nSPS) is 19.8. The van der Waals surface area contributed by atoms with E-state index in [1.165, 1.54) is 5.56 Å². The molecule has 0 N–H and O–H groups in total. The van der Waals surface area contributed by atoms with Gasteiger partial charge in [-0.3, -0.25) is 9.69 Å². The summed E-state index contributed by atoms with van der Waals surface area (Å²) in [6, 6.07) is 20.8. The summed E-state index contributed by atoms with van der Waals surface area (Å²) in [6.07, 6.45) is 1.92. The Kier molecular flexibility index (Phi) is 9.52. The summed E-state index contributed by atoms with van der Waals surface area (Å²) in [4.78, 5) is 32.5. The van der Waals surface area contributed by atoms with Crippen LogP contribution in [0.1, 0.15) is 76.6 Å². The van der Waals surface area contributed by atoms with E-state index in [2.05, 4.69) is 66.1 Å². The van der Waals surface area contributed by atoms with E-state index >= 15 is 0 Å². The monoisotopic (exact) mass is 544 g/mol. The van der Waals surface area contributed by atoms with E-state index in [1.807, 2.05) is 39.0 Å². The van der Waals surface area contributed by atoms with Gasteiger partial charge in [-0.1, -0.05) is 56.3 Å². The zero-order valence-electron chi connectivity index (χ0n) is 24.7. The highest BCUT2D eigenvalue weighted by Gasteiger charge is 2.37. The molecule has 2 aliphatic rings. The number of amides is 2. The molecule has 0 bridgehead atoms. The van der Waals surface area contributed by atoms with Crippen LogP contribution in [0.25, 0.3) is 0 Å². The summed E-state index contributed by atoms with van der Waals surface area (Å²) in [7, 11) is 0. The number of carbonyl (C=O) groups is 2. The third-order valence-corrected chi connectivity index (χ3v) is 8.11. The molecule has 1 unspecified atom stereocenters. The molecule has 0 aromatic heterocycles. The second-order valence-corrected chi connectivity index (χ2v) is 12.6. The predicted octanol–water partition coefficient (Wildman–Crippen LogP) is 5.85. The van der Waals surface area contributed by atoms with E-state index in [9.17, 15) is 14.9 Å². The van der Waals surface area contributed by atoms with Crippen molar-refractivity contribution in [3.8, 4) is 6.07 Å². The van der Waals surface area contributed by atoms with E-state index in [-0.39, 0.29) is 30.0 Å². The largest absolute Gasteiger partial charge is 0.444 e. The smallest absolute Gasteiger partial charge is 0.410 e. The van der Waals surface area contributed by atoms with Gasteiger partial charge in [0.15, 0.2) is 0 Å². The fraction of sp³-hybridized carbons (Fsp3) is 0.545. The number of carbonyl (C=O) groups excluding carboxylic acids is 2. The SMILES string of the molecule is CC(C)[C@H]1CN(C(c2ccccc2)c2ccc(C#N)cc2)CCN1C(=O)CC1CCN(C(=O)OC(C)(C)C)CC1. The highest BCUT2D eigenvalue weighted by molar-refractivity contribution is 5.77. The van der Waals surface area contributed by atoms with Crippen molar-refractivity contribution in [1.82, 2.24) is 14.7 Å². The van der Waals surface area contributed by atoms with Gasteiger partial charge in [0, 0.05) is 45.2 Å². The number of piperazine rings is 1. The number of piperidine rings is 1. The van der Waals surface area contributed by atoms with E-state index in [4.69, 9.17) is 4.74 Å². The van der Waals surface area contributed by atoms with Crippen LogP contribution in [0.4, 0.5) is 4.79 Å². The molecule has 2 aromatic carbocycles. The molecule has 2 aromatic rings. The molecule has 0 saturated carbocycles. The number of likely N-dealkylation sites (tertiary alicyclic amines) is 1. The van der Waals surface area contributed by atoms with E-state index in [0.717, 1.165) is 31.5 Å². The average molecular weight is 545 g/mol. The molecule has 7 heteroatoms. The van der Waals surface area contributed by atoms with Gasteiger partial charge in [0.25, 0.3) is 0 Å². The molecule has 40 heavy (non-hydrogen) atoms. The Hall–Kier alpha value is -3.37. The summed E-state index contributed by atoms with van der Waals surface area (Å²) < 4.78 is 5.53. The molecule has 2 saturated heterocycles. The second kappa shape index (κ2) is 12.9. The van der Waals surface area contributed by atoms with Gasteiger partial charge in [0.2, 0.25) is 5.91 Å². The highest BCUT2D eigenvalue weighted by atomic mass is 16.6. The Balaban J connectivity index is 1.42. The van der Waals surface area contributed by atoms with Crippen molar-refractivity contribution in [2.75, 3.05) is 32.7 Å².